The Morgan fingerprint density at radius 1 is 1.45 bits per heavy atom. The first-order valence-electron chi connectivity index (χ1n) is 7.30. The molecule has 1 aliphatic carbocycles. The Morgan fingerprint density at radius 3 is 2.70 bits per heavy atom. The van der Waals surface area contributed by atoms with Gasteiger partial charge in [0.1, 0.15) is 0 Å². The van der Waals surface area contributed by atoms with Crippen LogP contribution in [-0.4, -0.2) is 17.3 Å². The Labute approximate surface area is 135 Å². The molecular weight excluding hydrogens is 338 g/mol. The van der Waals surface area contributed by atoms with Gasteiger partial charge in [-0.2, -0.15) is 0 Å². The molecule has 2 N–H and O–H groups in total. The van der Waals surface area contributed by atoms with Crippen molar-refractivity contribution in [2.24, 2.45) is 5.92 Å². The molecule has 0 aliphatic heterocycles. The molecular formula is C16H23BrClNO. The number of benzene rings is 1. The highest BCUT2D eigenvalue weighted by molar-refractivity contribution is 9.10. The normalized spacial score (nSPS) is 28.4. The van der Waals surface area contributed by atoms with Gasteiger partial charge >= 0.3 is 0 Å². The first-order valence-corrected chi connectivity index (χ1v) is 8.47. The standard InChI is InChI=1S/C16H23BrClNO/c1-11-5-7-16(20,8-6-11)10-19-12(2)14-4-3-13(17)9-15(14)18/h3-4,9,11-12,19-20H,5-8,10H2,1-2H3. The summed E-state index contributed by atoms with van der Waals surface area (Å²) in [5, 5.41) is 14.8. The zero-order chi connectivity index (χ0) is 14.8. The van der Waals surface area contributed by atoms with Crippen molar-refractivity contribution in [3.05, 3.63) is 33.3 Å². The molecule has 4 heteroatoms. The number of nitrogens with one attached hydrogen (secondary N) is 1. The molecule has 0 heterocycles. The van der Waals surface area contributed by atoms with Crippen LogP contribution in [-0.2, 0) is 0 Å². The third kappa shape index (κ3) is 4.20. The van der Waals surface area contributed by atoms with Crippen LogP contribution in [0.5, 0.6) is 0 Å². The molecule has 1 aliphatic rings. The zero-order valence-corrected chi connectivity index (χ0v) is 14.5. The van der Waals surface area contributed by atoms with Gasteiger partial charge in [0, 0.05) is 22.1 Å². The fourth-order valence-corrected chi connectivity index (χ4v) is 3.62. The summed E-state index contributed by atoms with van der Waals surface area (Å²) in [5.41, 5.74) is 0.519. The maximum absolute atomic E-state index is 10.6. The van der Waals surface area contributed by atoms with Crippen LogP contribution in [0.15, 0.2) is 22.7 Å². The van der Waals surface area contributed by atoms with Crippen LogP contribution in [0.25, 0.3) is 0 Å². The van der Waals surface area contributed by atoms with Crippen molar-refractivity contribution >= 4 is 27.5 Å². The van der Waals surface area contributed by atoms with Gasteiger partial charge in [-0.15, -0.1) is 0 Å². The molecule has 1 atom stereocenters. The van der Waals surface area contributed by atoms with Crippen LogP contribution in [0, 0.1) is 5.92 Å². The summed E-state index contributed by atoms with van der Waals surface area (Å²) in [7, 11) is 0. The van der Waals surface area contributed by atoms with Gasteiger partial charge in [0.25, 0.3) is 0 Å². The molecule has 2 rings (SSSR count). The van der Waals surface area contributed by atoms with E-state index in [2.05, 4.69) is 35.1 Å². The maximum atomic E-state index is 10.6. The minimum atomic E-state index is -0.553. The van der Waals surface area contributed by atoms with Gasteiger partial charge in [0.05, 0.1) is 5.60 Å². The van der Waals surface area contributed by atoms with Crippen molar-refractivity contribution < 1.29 is 5.11 Å². The fourth-order valence-electron chi connectivity index (χ4n) is 2.78. The van der Waals surface area contributed by atoms with Crippen LogP contribution in [0.2, 0.25) is 5.02 Å². The highest BCUT2D eigenvalue weighted by atomic mass is 79.9. The van der Waals surface area contributed by atoms with E-state index < -0.39 is 5.60 Å². The van der Waals surface area contributed by atoms with E-state index in [9.17, 15) is 5.11 Å². The second-order valence-electron chi connectivity index (χ2n) is 6.18. The Kier molecular flexibility index (Phi) is 5.52. The Balaban J connectivity index is 1.93. The number of halogens is 2. The molecule has 1 fully saturated rings. The lowest BCUT2D eigenvalue weighted by Gasteiger charge is -2.36. The van der Waals surface area contributed by atoms with Gasteiger partial charge in [-0.05, 0) is 56.2 Å². The third-order valence-electron chi connectivity index (χ3n) is 4.37. The van der Waals surface area contributed by atoms with E-state index in [1.165, 1.54) is 0 Å². The van der Waals surface area contributed by atoms with Crippen LogP contribution < -0.4 is 5.32 Å². The number of aliphatic hydroxyl groups is 1. The summed E-state index contributed by atoms with van der Waals surface area (Å²) in [4.78, 5) is 0. The van der Waals surface area contributed by atoms with Crippen molar-refractivity contribution in [1.29, 1.82) is 0 Å². The van der Waals surface area contributed by atoms with Crippen molar-refractivity contribution in [3.8, 4) is 0 Å². The highest BCUT2D eigenvalue weighted by Gasteiger charge is 2.31. The van der Waals surface area contributed by atoms with Crippen molar-refractivity contribution in [2.45, 2.75) is 51.2 Å². The van der Waals surface area contributed by atoms with Gasteiger partial charge in [0.2, 0.25) is 0 Å². The fraction of sp³-hybridized carbons (Fsp3) is 0.625. The lowest BCUT2D eigenvalue weighted by Crippen LogP contribution is -2.44. The molecule has 0 radical (unpaired) electrons. The zero-order valence-electron chi connectivity index (χ0n) is 12.1. The minimum Gasteiger partial charge on any atom is -0.389 e. The summed E-state index contributed by atoms with van der Waals surface area (Å²) in [6, 6.07) is 6.07. The monoisotopic (exact) mass is 359 g/mol. The molecule has 1 saturated carbocycles. The molecule has 0 amide bonds. The molecule has 0 aromatic heterocycles. The lowest BCUT2D eigenvalue weighted by atomic mass is 9.79. The third-order valence-corrected chi connectivity index (χ3v) is 5.19. The molecule has 0 spiro atoms. The number of hydrogen-bond donors (Lipinski definition) is 2. The molecule has 0 saturated heterocycles. The van der Waals surface area contributed by atoms with E-state index >= 15 is 0 Å². The maximum Gasteiger partial charge on any atom is 0.0772 e. The first-order chi connectivity index (χ1) is 9.39. The minimum absolute atomic E-state index is 0.138. The van der Waals surface area contributed by atoms with Crippen molar-refractivity contribution in [3.63, 3.8) is 0 Å². The van der Waals surface area contributed by atoms with Crippen LogP contribution >= 0.6 is 27.5 Å². The number of hydrogen-bond acceptors (Lipinski definition) is 2. The summed E-state index contributed by atoms with van der Waals surface area (Å²) in [5.74, 6) is 0.744. The van der Waals surface area contributed by atoms with Gasteiger partial charge in [-0.1, -0.05) is 40.5 Å². The molecule has 2 nitrogen and oxygen atoms in total. The second kappa shape index (κ2) is 6.78. The summed E-state index contributed by atoms with van der Waals surface area (Å²) in [6.07, 6.45) is 4.01. The molecule has 0 bridgehead atoms. The van der Waals surface area contributed by atoms with E-state index in [1.54, 1.807) is 0 Å². The van der Waals surface area contributed by atoms with E-state index in [-0.39, 0.29) is 6.04 Å². The van der Waals surface area contributed by atoms with Gasteiger partial charge in [-0.25, -0.2) is 0 Å². The highest BCUT2D eigenvalue weighted by Crippen LogP contribution is 2.32. The SMILES string of the molecule is CC1CCC(O)(CNC(C)c2ccc(Br)cc2Cl)CC1. The van der Waals surface area contributed by atoms with E-state index in [4.69, 9.17) is 11.6 Å². The average molecular weight is 361 g/mol. The summed E-state index contributed by atoms with van der Waals surface area (Å²) < 4.78 is 0.985. The van der Waals surface area contributed by atoms with Gasteiger partial charge < -0.3 is 10.4 Å². The summed E-state index contributed by atoms with van der Waals surface area (Å²) in [6.45, 7) is 4.98. The van der Waals surface area contributed by atoms with Gasteiger partial charge in [-0.3, -0.25) is 0 Å². The van der Waals surface area contributed by atoms with Crippen molar-refractivity contribution in [2.75, 3.05) is 6.54 Å². The topological polar surface area (TPSA) is 32.3 Å². The molecule has 1 aromatic rings. The molecule has 1 aromatic carbocycles. The Morgan fingerprint density at radius 2 is 2.10 bits per heavy atom. The van der Waals surface area contributed by atoms with Crippen molar-refractivity contribution in [1.82, 2.24) is 5.32 Å². The average Bonchev–Trinajstić information content (AvgIpc) is 2.40. The van der Waals surface area contributed by atoms with Crippen LogP contribution in [0.4, 0.5) is 0 Å². The molecule has 1 unspecified atom stereocenters. The Hall–Kier alpha value is -0.0900. The number of rotatable bonds is 4. The molecule has 112 valence electrons. The second-order valence-corrected chi connectivity index (χ2v) is 7.50. The van der Waals surface area contributed by atoms with E-state index in [1.807, 2.05) is 18.2 Å². The predicted molar refractivity (Wildman–Crippen MR) is 88.2 cm³/mol. The van der Waals surface area contributed by atoms with E-state index in [0.717, 1.165) is 46.7 Å². The van der Waals surface area contributed by atoms with Gasteiger partial charge in [0.15, 0.2) is 0 Å². The quantitative estimate of drug-likeness (QED) is 0.816. The summed E-state index contributed by atoms with van der Waals surface area (Å²) >= 11 is 9.68. The predicted octanol–water partition coefficient (Wildman–Crippen LogP) is 4.69. The molecule has 20 heavy (non-hydrogen) atoms. The van der Waals surface area contributed by atoms with Crippen LogP contribution in [0.1, 0.15) is 51.1 Å². The largest absolute Gasteiger partial charge is 0.389 e. The van der Waals surface area contributed by atoms with Crippen LogP contribution in [0.3, 0.4) is 0 Å². The van der Waals surface area contributed by atoms with E-state index in [0.29, 0.717) is 6.54 Å². The lowest BCUT2D eigenvalue weighted by molar-refractivity contribution is -0.00783. The Bertz CT molecular complexity index is 458. The smallest absolute Gasteiger partial charge is 0.0772 e. The first kappa shape index (κ1) is 16.3.